The van der Waals surface area contributed by atoms with Gasteiger partial charge >= 0.3 is 0 Å². The average Bonchev–Trinajstić information content (AvgIpc) is 2.55. The molecule has 1 amide bonds. The zero-order valence-corrected chi connectivity index (χ0v) is 13.8. The molecule has 1 aliphatic rings. The quantitative estimate of drug-likeness (QED) is 0.921. The highest BCUT2D eigenvalue weighted by Gasteiger charge is 2.19. The van der Waals surface area contributed by atoms with E-state index in [2.05, 4.69) is 22.4 Å². The second kappa shape index (κ2) is 6.95. The van der Waals surface area contributed by atoms with Crippen LogP contribution in [0.2, 0.25) is 5.02 Å². The van der Waals surface area contributed by atoms with Gasteiger partial charge in [-0.1, -0.05) is 23.7 Å². The van der Waals surface area contributed by atoms with Crippen LogP contribution in [0.3, 0.4) is 0 Å². The number of fused-ring (bicyclic) bond motifs is 1. The largest absolute Gasteiger partial charge is 0.360 e. The number of carbonyl (C=O) groups is 1. The van der Waals surface area contributed by atoms with E-state index in [-0.39, 0.29) is 12.5 Å². The van der Waals surface area contributed by atoms with Crippen molar-refractivity contribution in [2.75, 3.05) is 29.1 Å². The molecule has 2 aromatic carbocycles. The van der Waals surface area contributed by atoms with Crippen molar-refractivity contribution < 1.29 is 4.79 Å². The second-order valence-electron chi connectivity index (χ2n) is 5.09. The summed E-state index contributed by atoms with van der Waals surface area (Å²) in [5.41, 5.74) is 1.92. The van der Waals surface area contributed by atoms with Gasteiger partial charge < -0.3 is 10.2 Å². The van der Waals surface area contributed by atoms with E-state index in [0.717, 1.165) is 18.0 Å². The standard InChI is InChI=1S/C17H14ClN3OS/c18-13-6-5-12(10-19)14(9-13)20-17(22)11-21-7-8-23-16-4-2-1-3-15(16)21/h1-6,9H,7-8,11H2,(H,20,22). The molecule has 0 aliphatic carbocycles. The van der Waals surface area contributed by atoms with E-state index < -0.39 is 0 Å². The summed E-state index contributed by atoms with van der Waals surface area (Å²) in [6, 6.07) is 14.9. The summed E-state index contributed by atoms with van der Waals surface area (Å²) in [5.74, 6) is 0.788. The summed E-state index contributed by atoms with van der Waals surface area (Å²) in [6.45, 7) is 1.06. The van der Waals surface area contributed by atoms with Crippen molar-refractivity contribution in [1.82, 2.24) is 0 Å². The van der Waals surface area contributed by atoms with Crippen molar-refractivity contribution >= 4 is 40.6 Å². The van der Waals surface area contributed by atoms with E-state index in [1.54, 1.807) is 30.0 Å². The lowest BCUT2D eigenvalue weighted by Crippen LogP contribution is -2.36. The number of hydrogen-bond donors (Lipinski definition) is 1. The molecule has 0 bridgehead atoms. The van der Waals surface area contributed by atoms with Crippen LogP contribution in [-0.4, -0.2) is 24.7 Å². The van der Waals surface area contributed by atoms with Crippen LogP contribution in [-0.2, 0) is 4.79 Å². The molecule has 116 valence electrons. The van der Waals surface area contributed by atoms with Gasteiger partial charge in [-0.15, -0.1) is 11.8 Å². The normalized spacial score (nSPS) is 13.1. The number of thioether (sulfide) groups is 1. The van der Waals surface area contributed by atoms with Gasteiger partial charge in [-0.05, 0) is 30.3 Å². The van der Waals surface area contributed by atoms with Crippen LogP contribution in [0.1, 0.15) is 5.56 Å². The fraction of sp³-hybridized carbons (Fsp3) is 0.176. The monoisotopic (exact) mass is 343 g/mol. The lowest BCUT2D eigenvalue weighted by Gasteiger charge is -2.30. The minimum atomic E-state index is -0.162. The first-order chi connectivity index (χ1) is 11.2. The topological polar surface area (TPSA) is 56.1 Å². The maximum Gasteiger partial charge on any atom is 0.243 e. The summed E-state index contributed by atoms with van der Waals surface area (Å²) in [6.07, 6.45) is 0. The number of nitrogens with one attached hydrogen (secondary N) is 1. The first-order valence-corrected chi connectivity index (χ1v) is 8.50. The fourth-order valence-corrected chi connectivity index (χ4v) is 3.69. The summed E-state index contributed by atoms with van der Waals surface area (Å²) < 4.78 is 0. The highest BCUT2D eigenvalue weighted by Crippen LogP contribution is 2.34. The van der Waals surface area contributed by atoms with Crippen LogP contribution in [0.25, 0.3) is 0 Å². The van der Waals surface area contributed by atoms with Crippen molar-refractivity contribution in [3.63, 3.8) is 0 Å². The number of nitrogens with zero attached hydrogens (tertiary/aromatic N) is 2. The summed E-state index contributed by atoms with van der Waals surface area (Å²) >= 11 is 7.74. The Kier molecular flexibility index (Phi) is 4.75. The predicted octanol–water partition coefficient (Wildman–Crippen LogP) is 3.76. The van der Waals surface area contributed by atoms with Crippen molar-refractivity contribution in [2.45, 2.75) is 4.90 Å². The zero-order valence-electron chi connectivity index (χ0n) is 12.3. The van der Waals surface area contributed by atoms with Gasteiger partial charge in [0.05, 0.1) is 23.5 Å². The van der Waals surface area contributed by atoms with Gasteiger partial charge in [-0.3, -0.25) is 4.79 Å². The van der Waals surface area contributed by atoms with Gasteiger partial charge in [-0.25, -0.2) is 0 Å². The minimum Gasteiger partial charge on any atom is -0.360 e. The maximum absolute atomic E-state index is 12.4. The number of halogens is 1. The molecule has 0 saturated heterocycles. The molecule has 6 heteroatoms. The van der Waals surface area contributed by atoms with Gasteiger partial charge in [0, 0.05) is 22.2 Å². The lowest BCUT2D eigenvalue weighted by molar-refractivity contribution is -0.115. The van der Waals surface area contributed by atoms with E-state index in [1.807, 2.05) is 18.2 Å². The zero-order chi connectivity index (χ0) is 16.2. The number of benzene rings is 2. The molecule has 23 heavy (non-hydrogen) atoms. The Morgan fingerprint density at radius 3 is 3.00 bits per heavy atom. The van der Waals surface area contributed by atoms with Crippen LogP contribution in [0.4, 0.5) is 11.4 Å². The highest BCUT2D eigenvalue weighted by molar-refractivity contribution is 7.99. The molecule has 0 spiro atoms. The summed E-state index contributed by atoms with van der Waals surface area (Å²) in [5, 5.41) is 12.4. The van der Waals surface area contributed by atoms with Crippen LogP contribution in [0, 0.1) is 11.3 Å². The Morgan fingerprint density at radius 1 is 1.35 bits per heavy atom. The second-order valence-corrected chi connectivity index (χ2v) is 6.66. The van der Waals surface area contributed by atoms with E-state index in [1.165, 1.54) is 4.90 Å². The predicted molar refractivity (Wildman–Crippen MR) is 94.2 cm³/mol. The number of para-hydroxylation sites is 1. The maximum atomic E-state index is 12.4. The smallest absolute Gasteiger partial charge is 0.243 e. The van der Waals surface area contributed by atoms with Crippen LogP contribution in [0.15, 0.2) is 47.4 Å². The van der Waals surface area contributed by atoms with E-state index >= 15 is 0 Å². The molecule has 1 aliphatic heterocycles. The third-order valence-electron chi connectivity index (χ3n) is 3.54. The molecule has 0 atom stereocenters. The van der Waals surface area contributed by atoms with Crippen LogP contribution in [0.5, 0.6) is 0 Å². The molecule has 0 saturated carbocycles. The first-order valence-electron chi connectivity index (χ1n) is 7.13. The molecule has 3 rings (SSSR count). The molecule has 0 fully saturated rings. The van der Waals surface area contributed by atoms with E-state index in [9.17, 15) is 4.79 Å². The Labute approximate surface area is 144 Å². The number of carbonyl (C=O) groups excluding carboxylic acids is 1. The number of nitriles is 1. The van der Waals surface area contributed by atoms with Gasteiger partial charge in [0.15, 0.2) is 0 Å². The number of rotatable bonds is 3. The third kappa shape index (κ3) is 3.61. The molecule has 4 nitrogen and oxygen atoms in total. The van der Waals surface area contributed by atoms with Crippen LogP contribution >= 0.6 is 23.4 Å². The molecule has 0 radical (unpaired) electrons. The third-order valence-corrected chi connectivity index (χ3v) is 4.81. The summed E-state index contributed by atoms with van der Waals surface area (Å²) in [4.78, 5) is 15.6. The Morgan fingerprint density at radius 2 is 2.17 bits per heavy atom. The van der Waals surface area contributed by atoms with Gasteiger partial charge in [0.2, 0.25) is 5.91 Å². The number of amides is 1. The van der Waals surface area contributed by atoms with Gasteiger partial charge in [0.1, 0.15) is 6.07 Å². The SMILES string of the molecule is N#Cc1ccc(Cl)cc1NC(=O)CN1CCSc2ccccc21. The van der Waals surface area contributed by atoms with Gasteiger partial charge in [0.25, 0.3) is 0 Å². The molecular weight excluding hydrogens is 330 g/mol. The highest BCUT2D eigenvalue weighted by atomic mass is 35.5. The molecule has 0 aromatic heterocycles. The van der Waals surface area contributed by atoms with Crippen molar-refractivity contribution in [1.29, 1.82) is 5.26 Å². The number of hydrogen-bond acceptors (Lipinski definition) is 4. The number of anilines is 2. The first kappa shape index (κ1) is 15.7. The molecule has 1 N–H and O–H groups in total. The fourth-order valence-electron chi connectivity index (χ4n) is 2.47. The average molecular weight is 344 g/mol. The lowest BCUT2D eigenvalue weighted by atomic mass is 10.2. The Bertz CT molecular complexity index is 788. The Balaban J connectivity index is 1.74. The van der Waals surface area contributed by atoms with Gasteiger partial charge in [-0.2, -0.15) is 5.26 Å². The van der Waals surface area contributed by atoms with Crippen molar-refractivity contribution in [3.8, 4) is 6.07 Å². The van der Waals surface area contributed by atoms with Crippen LogP contribution < -0.4 is 10.2 Å². The van der Waals surface area contributed by atoms with Crippen molar-refractivity contribution in [2.24, 2.45) is 0 Å². The van der Waals surface area contributed by atoms with E-state index in [0.29, 0.717) is 16.3 Å². The molecule has 0 unspecified atom stereocenters. The van der Waals surface area contributed by atoms with Crippen molar-refractivity contribution in [3.05, 3.63) is 53.1 Å². The molecule has 1 heterocycles. The molecule has 2 aromatic rings. The minimum absolute atomic E-state index is 0.162. The summed E-state index contributed by atoms with van der Waals surface area (Å²) in [7, 11) is 0. The Hall–Kier alpha value is -2.16. The molecular formula is C17H14ClN3OS. The van der Waals surface area contributed by atoms with E-state index in [4.69, 9.17) is 16.9 Å².